The lowest BCUT2D eigenvalue weighted by Gasteiger charge is -2.14. The molecule has 0 amide bonds. The second-order valence-electron chi connectivity index (χ2n) is 6.11. The van der Waals surface area contributed by atoms with Crippen LogP contribution in [0.2, 0.25) is 0 Å². The number of nitrogens with zero attached hydrogens (tertiary/aromatic N) is 1. The number of hydrogen-bond acceptors (Lipinski definition) is 1. The Labute approximate surface area is 142 Å². The summed E-state index contributed by atoms with van der Waals surface area (Å²) in [7, 11) is 0. The highest BCUT2D eigenvalue weighted by molar-refractivity contribution is 5.92. The minimum absolute atomic E-state index is 0.218. The fourth-order valence-corrected chi connectivity index (χ4v) is 3.36. The van der Waals surface area contributed by atoms with Crippen molar-refractivity contribution >= 4 is 17.1 Å². The summed E-state index contributed by atoms with van der Waals surface area (Å²) in [4.78, 5) is 8.30. The first-order valence-electron chi connectivity index (χ1n) is 8.40. The van der Waals surface area contributed by atoms with Crippen LogP contribution in [0.15, 0.2) is 83.5 Å². The van der Waals surface area contributed by atoms with E-state index >= 15 is 0 Å². The van der Waals surface area contributed by atoms with E-state index in [1.54, 1.807) is 0 Å². The number of para-hydroxylation sites is 1. The summed E-state index contributed by atoms with van der Waals surface area (Å²) in [6, 6.07) is 19.1. The lowest BCUT2D eigenvalue weighted by molar-refractivity contribution is 0.891. The molecule has 118 valence electrons. The highest BCUT2D eigenvalue weighted by Crippen LogP contribution is 2.39. The van der Waals surface area contributed by atoms with Gasteiger partial charge in [-0.15, -0.1) is 0 Å². The van der Waals surface area contributed by atoms with Crippen molar-refractivity contribution in [2.75, 3.05) is 0 Å². The Kier molecular flexibility index (Phi) is 3.87. The molecule has 0 aliphatic carbocycles. The molecule has 1 aromatic heterocycles. The molecule has 2 nitrogen and oxygen atoms in total. The van der Waals surface area contributed by atoms with Gasteiger partial charge in [0.25, 0.3) is 0 Å². The summed E-state index contributed by atoms with van der Waals surface area (Å²) in [6.07, 6.45) is 9.26. The van der Waals surface area contributed by atoms with Crippen LogP contribution in [-0.4, -0.2) is 11.2 Å². The van der Waals surface area contributed by atoms with Gasteiger partial charge in [-0.25, -0.2) is 0 Å². The maximum atomic E-state index is 4.68. The minimum Gasteiger partial charge on any atom is -0.354 e. The van der Waals surface area contributed by atoms with Crippen molar-refractivity contribution in [3.63, 3.8) is 0 Å². The number of hydrogen-bond donors (Lipinski definition) is 1. The maximum Gasteiger partial charge on any atom is 0.0504 e. The summed E-state index contributed by atoms with van der Waals surface area (Å²) in [6.45, 7) is 2.24. The predicted octanol–water partition coefficient (Wildman–Crippen LogP) is 5.85. The van der Waals surface area contributed by atoms with Gasteiger partial charge in [0.1, 0.15) is 0 Å². The highest BCUT2D eigenvalue weighted by atomic mass is 14.8. The zero-order valence-corrected chi connectivity index (χ0v) is 13.7. The van der Waals surface area contributed by atoms with E-state index in [1.807, 2.05) is 6.21 Å². The first-order valence-corrected chi connectivity index (χ1v) is 8.40. The number of aliphatic imine (C=N–C) groups is 1. The van der Waals surface area contributed by atoms with Gasteiger partial charge >= 0.3 is 0 Å². The number of aromatic amines is 1. The molecule has 1 aliphatic rings. The molecule has 1 aliphatic heterocycles. The van der Waals surface area contributed by atoms with Crippen LogP contribution in [0.3, 0.4) is 0 Å². The van der Waals surface area contributed by atoms with Crippen LogP contribution in [-0.2, 0) is 0 Å². The van der Waals surface area contributed by atoms with Crippen LogP contribution in [0, 0.1) is 0 Å². The SMILES string of the molecule is CC(C1=CC=CCC=N1)c1c(-c2ccccc2)[nH]c2ccccc12. The molecule has 1 N–H and O–H groups in total. The lowest BCUT2D eigenvalue weighted by Crippen LogP contribution is -1.98. The molecule has 0 saturated carbocycles. The average molecular weight is 312 g/mol. The van der Waals surface area contributed by atoms with E-state index in [2.05, 4.69) is 89.7 Å². The number of nitrogens with one attached hydrogen (secondary N) is 1. The molecule has 0 bridgehead atoms. The van der Waals surface area contributed by atoms with Gasteiger partial charge in [-0.1, -0.05) is 67.6 Å². The third-order valence-corrected chi connectivity index (χ3v) is 4.57. The molecule has 0 saturated heterocycles. The summed E-state index contributed by atoms with van der Waals surface area (Å²) in [5.74, 6) is 0.218. The fraction of sp³-hybridized carbons (Fsp3) is 0.136. The van der Waals surface area contributed by atoms with Gasteiger partial charge in [-0.3, -0.25) is 4.99 Å². The van der Waals surface area contributed by atoms with Crippen LogP contribution in [0.4, 0.5) is 0 Å². The van der Waals surface area contributed by atoms with E-state index in [-0.39, 0.29) is 5.92 Å². The topological polar surface area (TPSA) is 28.1 Å². The summed E-state index contributed by atoms with van der Waals surface area (Å²) >= 11 is 0. The molecule has 2 heterocycles. The van der Waals surface area contributed by atoms with Crippen molar-refractivity contribution in [2.24, 2.45) is 4.99 Å². The quantitative estimate of drug-likeness (QED) is 0.628. The maximum absolute atomic E-state index is 4.68. The van der Waals surface area contributed by atoms with Crippen molar-refractivity contribution < 1.29 is 0 Å². The summed E-state index contributed by atoms with van der Waals surface area (Å²) < 4.78 is 0. The Hall–Kier alpha value is -2.87. The molecule has 2 aromatic carbocycles. The van der Waals surface area contributed by atoms with Crippen LogP contribution in [0.25, 0.3) is 22.2 Å². The Morgan fingerprint density at radius 2 is 1.79 bits per heavy atom. The van der Waals surface area contributed by atoms with E-state index in [0.717, 1.165) is 12.1 Å². The Bertz CT molecular complexity index is 943. The first-order chi connectivity index (χ1) is 11.8. The van der Waals surface area contributed by atoms with Gasteiger partial charge in [-0.05, 0) is 23.3 Å². The van der Waals surface area contributed by atoms with Crippen molar-refractivity contribution in [3.05, 3.63) is 84.1 Å². The molecular formula is C22H20N2. The van der Waals surface area contributed by atoms with E-state index in [4.69, 9.17) is 0 Å². The number of benzene rings is 2. The number of allylic oxidation sites excluding steroid dienone is 4. The van der Waals surface area contributed by atoms with Crippen LogP contribution < -0.4 is 0 Å². The largest absolute Gasteiger partial charge is 0.354 e. The zero-order valence-electron chi connectivity index (χ0n) is 13.7. The van der Waals surface area contributed by atoms with Gasteiger partial charge in [0, 0.05) is 35.2 Å². The van der Waals surface area contributed by atoms with Gasteiger partial charge in [0.2, 0.25) is 0 Å². The fourth-order valence-electron chi connectivity index (χ4n) is 3.36. The molecule has 1 unspecified atom stereocenters. The molecule has 3 aromatic rings. The highest BCUT2D eigenvalue weighted by Gasteiger charge is 2.21. The number of fused-ring (bicyclic) bond motifs is 1. The van der Waals surface area contributed by atoms with Gasteiger partial charge in [-0.2, -0.15) is 0 Å². The van der Waals surface area contributed by atoms with Crippen LogP contribution in [0.1, 0.15) is 24.8 Å². The van der Waals surface area contributed by atoms with Gasteiger partial charge in [0.15, 0.2) is 0 Å². The van der Waals surface area contributed by atoms with E-state index in [0.29, 0.717) is 0 Å². The molecule has 1 atom stereocenters. The Balaban J connectivity index is 1.93. The van der Waals surface area contributed by atoms with Crippen molar-refractivity contribution in [1.82, 2.24) is 4.98 Å². The van der Waals surface area contributed by atoms with Crippen molar-refractivity contribution in [2.45, 2.75) is 19.3 Å². The number of H-pyrrole nitrogens is 1. The smallest absolute Gasteiger partial charge is 0.0504 e. The molecule has 24 heavy (non-hydrogen) atoms. The third kappa shape index (κ3) is 2.61. The molecule has 0 radical (unpaired) electrons. The Morgan fingerprint density at radius 1 is 1.00 bits per heavy atom. The summed E-state index contributed by atoms with van der Waals surface area (Å²) in [5.41, 5.74) is 5.99. The average Bonchev–Trinajstić information content (AvgIpc) is 2.81. The monoisotopic (exact) mass is 312 g/mol. The lowest BCUT2D eigenvalue weighted by atomic mass is 9.92. The minimum atomic E-state index is 0.218. The predicted molar refractivity (Wildman–Crippen MR) is 102 cm³/mol. The zero-order chi connectivity index (χ0) is 16.4. The van der Waals surface area contributed by atoms with Crippen LogP contribution >= 0.6 is 0 Å². The molecular weight excluding hydrogens is 292 g/mol. The van der Waals surface area contributed by atoms with Crippen LogP contribution in [0.5, 0.6) is 0 Å². The van der Waals surface area contributed by atoms with Gasteiger partial charge < -0.3 is 4.98 Å². The second kappa shape index (κ2) is 6.32. The van der Waals surface area contributed by atoms with Gasteiger partial charge in [0.05, 0.1) is 5.69 Å². The van der Waals surface area contributed by atoms with E-state index < -0.39 is 0 Å². The standard InChI is InChI=1S/C22H20N2/c1-16(19-13-6-3-9-15-23-19)21-18-12-7-8-14-20(18)24-22(21)17-10-4-2-5-11-17/h2-8,10-16,24H,9H2,1H3. The van der Waals surface area contributed by atoms with E-state index in [9.17, 15) is 0 Å². The summed E-state index contributed by atoms with van der Waals surface area (Å²) in [5, 5.41) is 1.27. The number of aromatic nitrogens is 1. The molecule has 0 spiro atoms. The Morgan fingerprint density at radius 3 is 2.67 bits per heavy atom. The van der Waals surface area contributed by atoms with Crippen molar-refractivity contribution in [3.8, 4) is 11.3 Å². The molecule has 4 rings (SSSR count). The number of rotatable bonds is 3. The molecule has 2 heteroatoms. The molecule has 0 fully saturated rings. The third-order valence-electron chi connectivity index (χ3n) is 4.57. The normalized spacial score (nSPS) is 15.3. The van der Waals surface area contributed by atoms with Crippen molar-refractivity contribution in [1.29, 1.82) is 0 Å². The second-order valence-corrected chi connectivity index (χ2v) is 6.11. The van der Waals surface area contributed by atoms with E-state index in [1.165, 1.54) is 27.7 Å². The first kappa shape index (κ1) is 14.7.